The van der Waals surface area contributed by atoms with Crippen LogP contribution in [0.1, 0.15) is 387 Å². The average molecular weight is 1150 g/mol. The second-order valence-electron chi connectivity index (χ2n) is 24.5. The van der Waals surface area contributed by atoms with Crippen molar-refractivity contribution in [1.29, 1.82) is 0 Å². The van der Waals surface area contributed by atoms with Crippen molar-refractivity contribution in [2.45, 2.75) is 393 Å². The van der Waals surface area contributed by atoms with Crippen LogP contribution in [0.15, 0.2) is 60.8 Å². The molecule has 0 N–H and O–H groups in total. The van der Waals surface area contributed by atoms with Gasteiger partial charge in [-0.05, 0) is 64.2 Å². The van der Waals surface area contributed by atoms with E-state index in [2.05, 4.69) is 81.5 Å². The summed E-state index contributed by atoms with van der Waals surface area (Å²) in [4.78, 5) is 38.5. The van der Waals surface area contributed by atoms with Gasteiger partial charge in [-0.15, -0.1) is 0 Å². The van der Waals surface area contributed by atoms with E-state index in [1.54, 1.807) is 0 Å². The SMILES string of the molecule is CC/C=C\C/C=C\C/C=C\C/C=C\C/C=C\CCCCCCCCCCCC(=O)OCC(COC(=O)CCCCCCCCCCCCCCCCCCC)OC(=O)CCCCCCCCCCCCCCCCCCCCCCCC. The highest BCUT2D eigenvalue weighted by atomic mass is 16.6. The molecule has 0 rings (SSSR count). The topological polar surface area (TPSA) is 78.9 Å². The van der Waals surface area contributed by atoms with Gasteiger partial charge in [0.15, 0.2) is 6.10 Å². The number of unbranched alkanes of at least 4 members (excludes halogenated alkanes) is 46. The lowest BCUT2D eigenvalue weighted by molar-refractivity contribution is -0.167. The van der Waals surface area contributed by atoms with Crippen LogP contribution >= 0.6 is 0 Å². The molecule has 0 bridgehead atoms. The van der Waals surface area contributed by atoms with Crippen molar-refractivity contribution < 1.29 is 28.6 Å². The van der Waals surface area contributed by atoms with Crippen LogP contribution in [-0.2, 0) is 28.6 Å². The van der Waals surface area contributed by atoms with Crippen LogP contribution in [-0.4, -0.2) is 37.2 Å². The monoisotopic (exact) mass is 1150 g/mol. The summed E-state index contributed by atoms with van der Waals surface area (Å²) in [6.45, 7) is 6.60. The lowest BCUT2D eigenvalue weighted by Gasteiger charge is -2.18. The van der Waals surface area contributed by atoms with Crippen LogP contribution in [0.4, 0.5) is 0 Å². The zero-order chi connectivity index (χ0) is 59.2. The zero-order valence-electron chi connectivity index (χ0n) is 55.0. The van der Waals surface area contributed by atoms with Gasteiger partial charge in [0.25, 0.3) is 0 Å². The number of carbonyl (C=O) groups excluding carboxylic acids is 3. The van der Waals surface area contributed by atoms with Crippen LogP contribution in [0.25, 0.3) is 0 Å². The summed E-state index contributed by atoms with van der Waals surface area (Å²) in [7, 11) is 0. The molecule has 0 spiro atoms. The van der Waals surface area contributed by atoms with E-state index in [-0.39, 0.29) is 31.1 Å². The normalized spacial score (nSPS) is 12.4. The highest BCUT2D eigenvalue weighted by Gasteiger charge is 2.19. The van der Waals surface area contributed by atoms with Gasteiger partial charge in [0, 0.05) is 19.3 Å². The largest absolute Gasteiger partial charge is 0.462 e. The van der Waals surface area contributed by atoms with E-state index in [1.165, 1.54) is 250 Å². The predicted octanol–water partition coefficient (Wildman–Crippen LogP) is 25.1. The number of hydrogen-bond acceptors (Lipinski definition) is 6. The molecule has 0 aromatic rings. The van der Waals surface area contributed by atoms with Gasteiger partial charge in [-0.2, -0.15) is 0 Å². The molecule has 0 heterocycles. The Hall–Kier alpha value is -2.89. The van der Waals surface area contributed by atoms with E-state index in [1.807, 2.05) is 0 Å². The van der Waals surface area contributed by atoms with Crippen LogP contribution in [0.3, 0.4) is 0 Å². The minimum Gasteiger partial charge on any atom is -0.462 e. The molecule has 0 aliphatic heterocycles. The Kier molecular flexibility index (Phi) is 68.1. The molecule has 6 heteroatoms. The van der Waals surface area contributed by atoms with Gasteiger partial charge >= 0.3 is 17.9 Å². The fraction of sp³-hybridized carbons (Fsp3) is 0.829. The molecule has 0 aromatic carbocycles. The van der Waals surface area contributed by atoms with Gasteiger partial charge in [0.2, 0.25) is 0 Å². The first kappa shape index (κ1) is 79.1. The molecule has 0 aliphatic carbocycles. The van der Waals surface area contributed by atoms with Crippen molar-refractivity contribution in [3.63, 3.8) is 0 Å². The molecule has 0 aromatic heterocycles. The summed E-state index contributed by atoms with van der Waals surface area (Å²) in [6.07, 6.45) is 91.0. The van der Waals surface area contributed by atoms with E-state index in [0.717, 1.165) is 96.3 Å². The number of ether oxygens (including phenoxy) is 3. The molecule has 0 amide bonds. The maximum absolute atomic E-state index is 13.0. The first-order valence-corrected chi connectivity index (χ1v) is 36.3. The fourth-order valence-electron chi connectivity index (χ4n) is 10.9. The lowest BCUT2D eigenvalue weighted by atomic mass is 10.0. The van der Waals surface area contributed by atoms with Crippen LogP contribution < -0.4 is 0 Å². The van der Waals surface area contributed by atoms with E-state index in [0.29, 0.717) is 19.3 Å². The molecule has 82 heavy (non-hydrogen) atoms. The molecule has 0 aliphatic rings. The minimum absolute atomic E-state index is 0.0699. The van der Waals surface area contributed by atoms with E-state index >= 15 is 0 Å². The molecule has 0 fully saturated rings. The molecule has 6 nitrogen and oxygen atoms in total. The minimum atomic E-state index is -0.775. The third kappa shape index (κ3) is 67.9. The Morgan fingerprint density at radius 3 is 0.744 bits per heavy atom. The average Bonchev–Trinajstić information content (AvgIpc) is 3.47. The second-order valence-corrected chi connectivity index (χ2v) is 24.5. The van der Waals surface area contributed by atoms with Gasteiger partial charge in [0.05, 0.1) is 0 Å². The summed E-state index contributed by atoms with van der Waals surface area (Å²) in [5.74, 6) is -0.846. The number of hydrogen-bond donors (Lipinski definition) is 0. The van der Waals surface area contributed by atoms with Crippen molar-refractivity contribution in [3.8, 4) is 0 Å². The first-order chi connectivity index (χ1) is 40.5. The Labute approximate surface area is 510 Å². The highest BCUT2D eigenvalue weighted by molar-refractivity contribution is 5.71. The molecule has 1 atom stereocenters. The van der Waals surface area contributed by atoms with Crippen LogP contribution in [0.5, 0.6) is 0 Å². The van der Waals surface area contributed by atoms with Crippen molar-refractivity contribution in [3.05, 3.63) is 60.8 Å². The predicted molar refractivity (Wildman–Crippen MR) is 358 cm³/mol. The van der Waals surface area contributed by atoms with Gasteiger partial charge in [-0.1, -0.05) is 364 Å². The first-order valence-electron chi connectivity index (χ1n) is 36.3. The molecule has 1 unspecified atom stereocenters. The molecular weight excluding hydrogens is 1010 g/mol. The van der Waals surface area contributed by atoms with Crippen molar-refractivity contribution in [1.82, 2.24) is 0 Å². The number of esters is 3. The quantitative estimate of drug-likeness (QED) is 0.0261. The van der Waals surface area contributed by atoms with Crippen molar-refractivity contribution in [2.75, 3.05) is 13.2 Å². The summed E-state index contributed by atoms with van der Waals surface area (Å²) in [5, 5.41) is 0. The number of rotatable bonds is 67. The third-order valence-corrected chi connectivity index (χ3v) is 16.3. The number of carbonyl (C=O) groups is 3. The summed E-state index contributed by atoms with van der Waals surface area (Å²) < 4.78 is 17.0. The van der Waals surface area contributed by atoms with E-state index < -0.39 is 6.10 Å². The fourth-order valence-corrected chi connectivity index (χ4v) is 10.9. The van der Waals surface area contributed by atoms with Gasteiger partial charge in [-0.3, -0.25) is 14.4 Å². The Morgan fingerprint density at radius 2 is 0.476 bits per heavy atom. The summed E-state index contributed by atoms with van der Waals surface area (Å²) >= 11 is 0. The smallest absolute Gasteiger partial charge is 0.306 e. The standard InChI is InChI=1S/C76H138O6/c1-4-7-10-13-16-19-22-25-28-31-33-35-37-38-39-41-42-45-48-51-54-57-60-63-66-69-75(78)81-72-73(71-80-74(77)68-65-62-59-56-53-50-47-44-30-27-24-21-18-15-12-9-6-3)82-76(79)70-67-64-61-58-55-52-49-46-43-40-36-34-32-29-26-23-20-17-14-11-8-5-2/h7,10,16,19,25,28,33,35,38-39,73H,4-6,8-9,11-15,17-18,20-24,26-27,29-32,34,36-37,40-72H2,1-3H3/b10-7-,19-16-,28-25-,35-33-,39-38-. The summed E-state index contributed by atoms with van der Waals surface area (Å²) in [6, 6.07) is 0. The maximum atomic E-state index is 13.0. The van der Waals surface area contributed by atoms with E-state index in [4.69, 9.17) is 14.2 Å². The molecule has 0 saturated heterocycles. The molecule has 0 saturated carbocycles. The molecular formula is C76H138O6. The Balaban J connectivity index is 4.32. The maximum Gasteiger partial charge on any atom is 0.306 e. The van der Waals surface area contributed by atoms with Gasteiger partial charge in [0.1, 0.15) is 13.2 Å². The Bertz CT molecular complexity index is 1460. The lowest BCUT2D eigenvalue weighted by Crippen LogP contribution is -2.30. The number of allylic oxidation sites excluding steroid dienone is 10. The van der Waals surface area contributed by atoms with Crippen LogP contribution in [0.2, 0.25) is 0 Å². The van der Waals surface area contributed by atoms with E-state index in [9.17, 15) is 14.4 Å². The van der Waals surface area contributed by atoms with Gasteiger partial charge in [-0.25, -0.2) is 0 Å². The third-order valence-electron chi connectivity index (χ3n) is 16.3. The summed E-state index contributed by atoms with van der Waals surface area (Å²) in [5.41, 5.74) is 0. The Morgan fingerprint density at radius 1 is 0.256 bits per heavy atom. The second kappa shape index (κ2) is 70.6. The van der Waals surface area contributed by atoms with Crippen molar-refractivity contribution in [2.24, 2.45) is 0 Å². The molecule has 0 radical (unpaired) electrons. The van der Waals surface area contributed by atoms with Crippen LogP contribution in [0, 0.1) is 0 Å². The highest BCUT2D eigenvalue weighted by Crippen LogP contribution is 2.19. The zero-order valence-corrected chi connectivity index (χ0v) is 55.0. The van der Waals surface area contributed by atoms with Crippen molar-refractivity contribution >= 4 is 17.9 Å². The van der Waals surface area contributed by atoms with Gasteiger partial charge < -0.3 is 14.2 Å². The molecule has 478 valence electrons.